The van der Waals surface area contributed by atoms with Gasteiger partial charge >= 0.3 is 0 Å². The van der Waals surface area contributed by atoms with Gasteiger partial charge in [-0.25, -0.2) is 18.1 Å². The summed E-state index contributed by atoms with van der Waals surface area (Å²) in [7, 11) is -0.450. The van der Waals surface area contributed by atoms with Crippen LogP contribution in [0.2, 0.25) is 0 Å². The summed E-state index contributed by atoms with van der Waals surface area (Å²) >= 11 is 0. The average Bonchev–Trinajstić information content (AvgIpc) is 3.30. The van der Waals surface area contributed by atoms with E-state index < -0.39 is 10.0 Å². The molecule has 1 heterocycles. The molecule has 10 heteroatoms. The van der Waals surface area contributed by atoms with E-state index >= 15 is 0 Å². The van der Waals surface area contributed by atoms with Crippen molar-refractivity contribution in [2.75, 3.05) is 32.7 Å². The first-order valence-electron chi connectivity index (χ1n) is 9.90. The Morgan fingerprint density at radius 3 is 2.55 bits per heavy atom. The maximum Gasteiger partial charge on any atom is 0.240 e. The number of hydrogen-bond acceptors (Lipinski definition) is 6. The van der Waals surface area contributed by atoms with Crippen LogP contribution in [-0.2, 0) is 21.3 Å². The molecule has 1 saturated heterocycles. The average molecular weight is 449 g/mol. The number of aliphatic imine (C=N–C) groups is 1. The molecule has 1 atom stereocenters. The fraction of sp³-hybridized carbons (Fsp3) is 0.381. The van der Waals surface area contributed by atoms with E-state index in [4.69, 9.17) is 19.9 Å². The number of ether oxygens (including phenoxy) is 3. The number of hydrogen-bond donors (Lipinski definition) is 3. The van der Waals surface area contributed by atoms with E-state index in [0.29, 0.717) is 30.3 Å². The van der Waals surface area contributed by atoms with Gasteiger partial charge in [0.15, 0.2) is 17.5 Å². The van der Waals surface area contributed by atoms with Crippen LogP contribution in [0.15, 0.2) is 52.4 Å². The predicted molar refractivity (Wildman–Crippen MR) is 119 cm³/mol. The molecule has 0 spiro atoms. The first-order chi connectivity index (χ1) is 14.9. The molecule has 0 bridgehead atoms. The van der Waals surface area contributed by atoms with Crippen LogP contribution in [0.25, 0.3) is 0 Å². The highest BCUT2D eigenvalue weighted by atomic mass is 32.2. The third-order valence-corrected chi connectivity index (χ3v) is 6.29. The number of anilines is 1. The predicted octanol–water partition coefficient (Wildman–Crippen LogP) is 2.09. The van der Waals surface area contributed by atoms with Crippen LogP contribution in [0.3, 0.4) is 0 Å². The Labute approximate surface area is 182 Å². The number of methoxy groups -OCH3 is 2. The molecule has 0 radical (unpaired) electrons. The van der Waals surface area contributed by atoms with E-state index in [1.54, 1.807) is 56.7 Å². The first kappa shape index (κ1) is 22.9. The Kier molecular flexibility index (Phi) is 7.72. The van der Waals surface area contributed by atoms with Crippen molar-refractivity contribution in [1.29, 1.82) is 0 Å². The molecule has 1 fully saturated rings. The summed E-state index contributed by atoms with van der Waals surface area (Å²) in [5.41, 5.74) is 7.50. The molecule has 1 aliphatic heterocycles. The van der Waals surface area contributed by atoms with Crippen molar-refractivity contribution in [3.05, 3.63) is 48.0 Å². The Morgan fingerprint density at radius 1 is 1.16 bits per heavy atom. The molecule has 1 unspecified atom stereocenters. The van der Waals surface area contributed by atoms with Gasteiger partial charge in [-0.3, -0.25) is 0 Å². The number of guanidine groups is 1. The van der Waals surface area contributed by atoms with E-state index in [1.807, 2.05) is 0 Å². The lowest BCUT2D eigenvalue weighted by molar-refractivity contribution is 0.114. The third-order valence-electron chi connectivity index (χ3n) is 4.85. The minimum Gasteiger partial charge on any atom is -0.493 e. The maximum atomic E-state index is 12.4. The lowest BCUT2D eigenvalue weighted by Gasteiger charge is -2.12. The van der Waals surface area contributed by atoms with Crippen molar-refractivity contribution >= 4 is 21.7 Å². The zero-order valence-electron chi connectivity index (χ0n) is 17.6. The molecule has 9 nitrogen and oxygen atoms in total. The zero-order valence-corrected chi connectivity index (χ0v) is 18.4. The quantitative estimate of drug-likeness (QED) is 0.396. The van der Waals surface area contributed by atoms with Crippen molar-refractivity contribution in [1.82, 2.24) is 4.72 Å². The lowest BCUT2D eigenvalue weighted by atomic mass is 10.2. The van der Waals surface area contributed by atoms with E-state index in [-0.39, 0.29) is 23.5 Å². The number of sulfonamides is 1. The van der Waals surface area contributed by atoms with Gasteiger partial charge in [0.05, 0.1) is 31.8 Å². The molecule has 0 amide bonds. The van der Waals surface area contributed by atoms with Crippen LogP contribution in [0.1, 0.15) is 18.4 Å². The molecule has 0 saturated carbocycles. The van der Waals surface area contributed by atoms with Gasteiger partial charge < -0.3 is 25.3 Å². The molecule has 3 rings (SSSR count). The van der Waals surface area contributed by atoms with Crippen molar-refractivity contribution in [2.24, 2.45) is 10.7 Å². The SMILES string of the molecule is COc1ccc(NC(N)=NCc2ccc(S(=O)(=O)NCC3CCCO3)cc2)cc1OC. The van der Waals surface area contributed by atoms with Crippen LogP contribution in [0, 0.1) is 0 Å². The molecule has 0 aliphatic carbocycles. The molecular weight excluding hydrogens is 420 g/mol. The Morgan fingerprint density at radius 2 is 1.90 bits per heavy atom. The summed E-state index contributed by atoms with van der Waals surface area (Å²) in [5, 5.41) is 2.99. The van der Waals surface area contributed by atoms with Gasteiger partial charge in [-0.2, -0.15) is 0 Å². The summed E-state index contributed by atoms with van der Waals surface area (Å²) < 4.78 is 43.4. The van der Waals surface area contributed by atoms with Crippen LogP contribution in [0.5, 0.6) is 11.5 Å². The molecular formula is C21H28N4O5S. The molecule has 1 aliphatic rings. The summed E-state index contributed by atoms with van der Waals surface area (Å²) in [5.74, 6) is 1.41. The van der Waals surface area contributed by atoms with Crippen molar-refractivity contribution < 1.29 is 22.6 Å². The first-order valence-corrected chi connectivity index (χ1v) is 11.4. The number of rotatable bonds is 9. The normalized spacial score (nSPS) is 16.8. The second-order valence-electron chi connectivity index (χ2n) is 7.03. The Hall–Kier alpha value is -2.82. The third kappa shape index (κ3) is 6.33. The van der Waals surface area contributed by atoms with Crippen LogP contribution >= 0.6 is 0 Å². The minimum atomic E-state index is -3.57. The van der Waals surface area contributed by atoms with Gasteiger partial charge in [-0.05, 0) is 42.7 Å². The number of nitrogens with zero attached hydrogens (tertiary/aromatic N) is 1. The van der Waals surface area contributed by atoms with Gasteiger partial charge in [0, 0.05) is 24.9 Å². The standard InChI is InChI=1S/C21H28N4O5S/c1-28-19-10-7-16(12-20(19)29-2)25-21(22)23-13-15-5-8-18(9-6-15)31(26,27)24-14-17-4-3-11-30-17/h5-10,12,17,24H,3-4,11,13-14H2,1-2H3,(H3,22,23,25). The van der Waals surface area contributed by atoms with E-state index in [9.17, 15) is 8.42 Å². The number of nitrogens with one attached hydrogen (secondary N) is 2. The van der Waals surface area contributed by atoms with Crippen molar-refractivity contribution in [2.45, 2.75) is 30.4 Å². The number of nitrogens with two attached hydrogens (primary N) is 1. The van der Waals surface area contributed by atoms with Crippen molar-refractivity contribution in [3.8, 4) is 11.5 Å². The van der Waals surface area contributed by atoms with Gasteiger partial charge in [-0.15, -0.1) is 0 Å². The smallest absolute Gasteiger partial charge is 0.240 e. The molecule has 2 aromatic rings. The van der Waals surface area contributed by atoms with Crippen LogP contribution in [-0.4, -0.2) is 47.9 Å². The topological polar surface area (TPSA) is 124 Å². The second kappa shape index (κ2) is 10.5. The minimum absolute atomic E-state index is 0.0514. The fourth-order valence-electron chi connectivity index (χ4n) is 3.14. The summed E-state index contributed by atoms with van der Waals surface area (Å²) in [4.78, 5) is 4.50. The second-order valence-corrected chi connectivity index (χ2v) is 8.79. The fourth-order valence-corrected chi connectivity index (χ4v) is 4.21. The highest BCUT2D eigenvalue weighted by molar-refractivity contribution is 7.89. The maximum absolute atomic E-state index is 12.4. The zero-order chi connectivity index (χ0) is 22.3. The van der Waals surface area contributed by atoms with E-state index in [2.05, 4.69) is 15.0 Å². The van der Waals surface area contributed by atoms with E-state index in [1.165, 1.54) is 0 Å². The summed E-state index contributed by atoms with van der Waals surface area (Å²) in [6.45, 7) is 1.27. The van der Waals surface area contributed by atoms with Crippen molar-refractivity contribution in [3.63, 3.8) is 0 Å². The molecule has 168 valence electrons. The monoisotopic (exact) mass is 448 g/mol. The van der Waals surface area contributed by atoms with Crippen LogP contribution in [0.4, 0.5) is 5.69 Å². The van der Waals surface area contributed by atoms with Gasteiger partial charge in [0.25, 0.3) is 0 Å². The van der Waals surface area contributed by atoms with E-state index in [0.717, 1.165) is 18.4 Å². The number of benzene rings is 2. The lowest BCUT2D eigenvalue weighted by Crippen LogP contribution is -2.31. The van der Waals surface area contributed by atoms with Gasteiger partial charge in [0.2, 0.25) is 10.0 Å². The van der Waals surface area contributed by atoms with Gasteiger partial charge in [0.1, 0.15) is 0 Å². The summed E-state index contributed by atoms with van der Waals surface area (Å²) in [6, 6.07) is 11.9. The Balaban J connectivity index is 1.57. The molecule has 0 aromatic heterocycles. The Bertz CT molecular complexity index is 1000. The highest BCUT2D eigenvalue weighted by Gasteiger charge is 2.20. The van der Waals surface area contributed by atoms with Crippen LogP contribution < -0.4 is 25.2 Å². The molecule has 4 N–H and O–H groups in total. The largest absolute Gasteiger partial charge is 0.493 e. The molecule has 31 heavy (non-hydrogen) atoms. The molecule has 2 aromatic carbocycles. The summed E-state index contributed by atoms with van der Waals surface area (Å²) in [6.07, 6.45) is 1.79. The van der Waals surface area contributed by atoms with Gasteiger partial charge in [-0.1, -0.05) is 12.1 Å². The highest BCUT2D eigenvalue weighted by Crippen LogP contribution is 2.29.